The van der Waals surface area contributed by atoms with Crippen LogP contribution >= 0.6 is 11.6 Å². The SMILES string of the molecule is NCc1ccc(=O)n2c(Cl)cccc12. The van der Waals surface area contributed by atoms with Crippen LogP contribution in [0.4, 0.5) is 0 Å². The quantitative estimate of drug-likeness (QED) is 0.721. The molecule has 0 aliphatic carbocycles. The number of nitrogens with zero attached hydrogens (tertiary/aromatic N) is 1. The first-order valence-electron chi connectivity index (χ1n) is 4.23. The van der Waals surface area contributed by atoms with Crippen molar-refractivity contribution in [2.45, 2.75) is 6.54 Å². The van der Waals surface area contributed by atoms with Crippen LogP contribution in [0, 0.1) is 0 Å². The van der Waals surface area contributed by atoms with Gasteiger partial charge in [0, 0.05) is 12.6 Å². The zero-order valence-electron chi connectivity index (χ0n) is 7.40. The van der Waals surface area contributed by atoms with E-state index in [0.29, 0.717) is 11.7 Å². The van der Waals surface area contributed by atoms with Gasteiger partial charge in [0.25, 0.3) is 5.56 Å². The Morgan fingerprint density at radius 2 is 2.07 bits per heavy atom. The third kappa shape index (κ3) is 1.31. The maximum absolute atomic E-state index is 11.5. The van der Waals surface area contributed by atoms with Crippen LogP contribution in [0.1, 0.15) is 5.56 Å². The minimum Gasteiger partial charge on any atom is -0.326 e. The Morgan fingerprint density at radius 3 is 2.79 bits per heavy atom. The minimum atomic E-state index is -0.136. The minimum absolute atomic E-state index is 0.136. The van der Waals surface area contributed by atoms with E-state index in [0.717, 1.165) is 11.1 Å². The van der Waals surface area contributed by atoms with Crippen molar-refractivity contribution in [3.8, 4) is 0 Å². The van der Waals surface area contributed by atoms with Crippen LogP contribution in [-0.2, 0) is 6.54 Å². The van der Waals surface area contributed by atoms with Crippen molar-refractivity contribution < 1.29 is 0 Å². The van der Waals surface area contributed by atoms with E-state index in [1.807, 2.05) is 6.07 Å². The summed E-state index contributed by atoms with van der Waals surface area (Å²) in [4.78, 5) is 11.5. The lowest BCUT2D eigenvalue weighted by Crippen LogP contribution is -2.15. The topological polar surface area (TPSA) is 47.5 Å². The highest BCUT2D eigenvalue weighted by Crippen LogP contribution is 2.13. The fourth-order valence-corrected chi connectivity index (χ4v) is 1.71. The molecule has 2 N–H and O–H groups in total. The largest absolute Gasteiger partial charge is 0.326 e. The molecule has 0 atom stereocenters. The fourth-order valence-electron chi connectivity index (χ4n) is 1.46. The first-order valence-corrected chi connectivity index (χ1v) is 4.61. The monoisotopic (exact) mass is 208 g/mol. The summed E-state index contributed by atoms with van der Waals surface area (Å²) in [6, 6.07) is 8.51. The zero-order chi connectivity index (χ0) is 10.1. The van der Waals surface area contributed by atoms with Gasteiger partial charge in [0.05, 0.1) is 5.52 Å². The molecular formula is C10H9ClN2O. The first kappa shape index (κ1) is 9.24. The van der Waals surface area contributed by atoms with Crippen molar-refractivity contribution in [1.29, 1.82) is 0 Å². The summed E-state index contributed by atoms with van der Waals surface area (Å²) < 4.78 is 1.45. The van der Waals surface area contributed by atoms with Gasteiger partial charge in [-0.2, -0.15) is 0 Å². The average molecular weight is 209 g/mol. The van der Waals surface area contributed by atoms with E-state index in [1.165, 1.54) is 10.5 Å². The predicted molar refractivity (Wildman–Crippen MR) is 56.6 cm³/mol. The molecule has 0 aliphatic rings. The summed E-state index contributed by atoms with van der Waals surface area (Å²) in [7, 11) is 0. The van der Waals surface area contributed by atoms with Gasteiger partial charge in [0.2, 0.25) is 0 Å². The molecule has 0 aromatic carbocycles. The maximum Gasteiger partial charge on any atom is 0.256 e. The van der Waals surface area contributed by atoms with Gasteiger partial charge in [-0.15, -0.1) is 0 Å². The lowest BCUT2D eigenvalue weighted by molar-refractivity contribution is 1.02. The first-order chi connectivity index (χ1) is 6.74. The lowest BCUT2D eigenvalue weighted by atomic mass is 10.2. The molecule has 0 amide bonds. The number of pyridine rings is 2. The van der Waals surface area contributed by atoms with Crippen LogP contribution < -0.4 is 11.3 Å². The molecule has 2 aromatic rings. The predicted octanol–water partition coefficient (Wildman–Crippen LogP) is 1.41. The summed E-state index contributed by atoms with van der Waals surface area (Å²) in [5, 5.41) is 0.405. The molecule has 0 aliphatic heterocycles. The number of hydrogen-bond donors (Lipinski definition) is 1. The molecule has 0 bridgehead atoms. The molecule has 2 aromatic heterocycles. The van der Waals surface area contributed by atoms with E-state index in [4.69, 9.17) is 17.3 Å². The normalized spacial score (nSPS) is 10.7. The van der Waals surface area contributed by atoms with E-state index in [2.05, 4.69) is 0 Å². The molecule has 0 unspecified atom stereocenters. The van der Waals surface area contributed by atoms with Gasteiger partial charge in [0.1, 0.15) is 5.15 Å². The molecule has 2 rings (SSSR count). The van der Waals surface area contributed by atoms with Gasteiger partial charge in [-0.1, -0.05) is 23.7 Å². The van der Waals surface area contributed by atoms with Crippen LogP contribution in [0.5, 0.6) is 0 Å². The second-order valence-electron chi connectivity index (χ2n) is 2.97. The number of fused-ring (bicyclic) bond motifs is 1. The van der Waals surface area contributed by atoms with Crippen LogP contribution in [0.15, 0.2) is 35.1 Å². The molecular weight excluding hydrogens is 200 g/mol. The number of halogens is 1. The number of rotatable bonds is 1. The van der Waals surface area contributed by atoms with E-state index in [-0.39, 0.29) is 5.56 Å². The molecule has 4 heteroatoms. The molecule has 0 spiro atoms. The van der Waals surface area contributed by atoms with Crippen LogP contribution in [-0.4, -0.2) is 4.40 Å². The van der Waals surface area contributed by atoms with Crippen LogP contribution in [0.25, 0.3) is 5.52 Å². The number of nitrogens with two attached hydrogens (primary N) is 1. The van der Waals surface area contributed by atoms with Crippen molar-refractivity contribution in [2.75, 3.05) is 0 Å². The Morgan fingerprint density at radius 1 is 1.29 bits per heavy atom. The molecule has 72 valence electrons. The van der Waals surface area contributed by atoms with Gasteiger partial charge >= 0.3 is 0 Å². The highest BCUT2D eigenvalue weighted by molar-refractivity contribution is 6.29. The van der Waals surface area contributed by atoms with Crippen LogP contribution in [0.2, 0.25) is 5.15 Å². The Hall–Kier alpha value is -1.32. The second kappa shape index (κ2) is 3.44. The Balaban J connectivity index is 2.99. The Labute approximate surface area is 85.7 Å². The molecule has 0 fully saturated rings. The molecule has 0 saturated heterocycles. The Bertz CT molecular complexity index is 533. The molecule has 2 heterocycles. The summed E-state index contributed by atoms with van der Waals surface area (Å²) in [6.45, 7) is 0.393. The van der Waals surface area contributed by atoms with E-state index >= 15 is 0 Å². The van der Waals surface area contributed by atoms with Crippen molar-refractivity contribution in [3.05, 3.63) is 51.4 Å². The average Bonchev–Trinajstić information content (AvgIpc) is 2.18. The lowest BCUT2D eigenvalue weighted by Gasteiger charge is -2.06. The summed E-state index contributed by atoms with van der Waals surface area (Å²) in [6.07, 6.45) is 0. The molecule has 14 heavy (non-hydrogen) atoms. The molecule has 0 radical (unpaired) electrons. The number of aromatic nitrogens is 1. The van der Waals surface area contributed by atoms with Crippen molar-refractivity contribution in [1.82, 2.24) is 4.40 Å². The summed E-state index contributed by atoms with van der Waals surface area (Å²) in [5.41, 5.74) is 7.10. The fraction of sp³-hybridized carbons (Fsp3) is 0.100. The highest BCUT2D eigenvalue weighted by Gasteiger charge is 2.03. The van der Waals surface area contributed by atoms with Crippen molar-refractivity contribution in [3.63, 3.8) is 0 Å². The summed E-state index contributed by atoms with van der Waals surface area (Å²) in [5.74, 6) is 0. The van der Waals surface area contributed by atoms with E-state index < -0.39 is 0 Å². The van der Waals surface area contributed by atoms with Crippen molar-refractivity contribution in [2.24, 2.45) is 5.73 Å². The number of hydrogen-bond acceptors (Lipinski definition) is 2. The smallest absolute Gasteiger partial charge is 0.256 e. The van der Waals surface area contributed by atoms with Gasteiger partial charge in [-0.05, 0) is 17.7 Å². The highest BCUT2D eigenvalue weighted by atomic mass is 35.5. The molecule has 0 saturated carbocycles. The summed E-state index contributed by atoms with van der Waals surface area (Å²) >= 11 is 5.91. The van der Waals surface area contributed by atoms with E-state index in [1.54, 1.807) is 18.2 Å². The maximum atomic E-state index is 11.5. The van der Waals surface area contributed by atoms with Gasteiger partial charge in [-0.25, -0.2) is 0 Å². The van der Waals surface area contributed by atoms with Crippen LogP contribution in [0.3, 0.4) is 0 Å². The van der Waals surface area contributed by atoms with Gasteiger partial charge in [-0.3, -0.25) is 9.20 Å². The van der Waals surface area contributed by atoms with E-state index in [9.17, 15) is 4.79 Å². The zero-order valence-corrected chi connectivity index (χ0v) is 8.16. The van der Waals surface area contributed by atoms with Gasteiger partial charge in [0.15, 0.2) is 0 Å². The molecule has 3 nitrogen and oxygen atoms in total. The van der Waals surface area contributed by atoms with Gasteiger partial charge < -0.3 is 5.73 Å². The third-order valence-corrected chi connectivity index (χ3v) is 2.43. The standard InChI is InChI=1S/C10H9ClN2O/c11-9-3-1-2-8-7(6-12)4-5-10(14)13(8)9/h1-5H,6,12H2. The second-order valence-corrected chi connectivity index (χ2v) is 3.36. The Kier molecular flexibility index (Phi) is 2.27. The third-order valence-electron chi connectivity index (χ3n) is 2.14. The van der Waals surface area contributed by atoms with Crippen molar-refractivity contribution >= 4 is 17.1 Å².